The first-order valence-electron chi connectivity index (χ1n) is 6.10. The maximum Gasteiger partial charge on any atom is 0.313 e. The zero-order valence-corrected chi connectivity index (χ0v) is 10.5. The molecule has 0 radical (unpaired) electrons. The Morgan fingerprint density at radius 1 is 1.47 bits per heavy atom. The molecule has 7 heteroatoms. The Kier molecular flexibility index (Phi) is 2.94. The molecule has 0 spiro atoms. The van der Waals surface area contributed by atoms with Gasteiger partial charge in [0, 0.05) is 5.69 Å². The van der Waals surface area contributed by atoms with Gasteiger partial charge >= 0.3 is 5.97 Å². The molecule has 0 fully saturated rings. The van der Waals surface area contributed by atoms with Gasteiger partial charge in [-0.3, -0.25) is 4.79 Å². The summed E-state index contributed by atoms with van der Waals surface area (Å²) < 4.78 is 6.35. The molecular formula is C12H13N5O2. The number of pyridine rings is 1. The van der Waals surface area contributed by atoms with Crippen LogP contribution in [0.5, 0.6) is 0 Å². The zero-order chi connectivity index (χ0) is 13.2. The number of nitrogens with zero attached hydrogens (tertiary/aromatic N) is 5. The highest BCUT2D eigenvalue weighted by Crippen LogP contribution is 2.31. The number of rotatable bonds is 2. The predicted octanol–water partition coefficient (Wildman–Crippen LogP) is 0.650. The number of esters is 1. The van der Waals surface area contributed by atoms with Crippen molar-refractivity contribution in [2.45, 2.75) is 25.2 Å². The van der Waals surface area contributed by atoms with Crippen molar-refractivity contribution in [1.82, 2.24) is 25.2 Å². The number of tetrazole rings is 1. The van der Waals surface area contributed by atoms with Crippen LogP contribution >= 0.6 is 0 Å². The lowest BCUT2D eigenvalue weighted by Crippen LogP contribution is -2.21. The van der Waals surface area contributed by atoms with Crippen LogP contribution in [0.4, 0.5) is 0 Å². The maximum absolute atomic E-state index is 11.8. The standard InChI is InChI=1S/C12H13N5O2/c1-19-12(18)9-3-2-4-10-8(9)5-6-11(14-10)17-7-13-15-16-17/h5-7,9H,2-4H2,1H3/t9-/m0/s1. The molecule has 1 aliphatic carbocycles. The minimum Gasteiger partial charge on any atom is -0.469 e. The second-order valence-electron chi connectivity index (χ2n) is 4.43. The first-order valence-corrected chi connectivity index (χ1v) is 6.10. The lowest BCUT2D eigenvalue weighted by atomic mass is 9.85. The summed E-state index contributed by atoms with van der Waals surface area (Å²) in [6.07, 6.45) is 4.10. The Hall–Kier alpha value is -2.31. The molecule has 0 aromatic carbocycles. The van der Waals surface area contributed by atoms with E-state index >= 15 is 0 Å². The second kappa shape index (κ2) is 4.75. The third-order valence-electron chi connectivity index (χ3n) is 3.35. The van der Waals surface area contributed by atoms with E-state index in [9.17, 15) is 4.79 Å². The first-order chi connectivity index (χ1) is 9.29. The van der Waals surface area contributed by atoms with Crippen molar-refractivity contribution in [3.05, 3.63) is 29.7 Å². The van der Waals surface area contributed by atoms with E-state index in [0.29, 0.717) is 5.82 Å². The van der Waals surface area contributed by atoms with E-state index in [1.807, 2.05) is 12.1 Å². The van der Waals surface area contributed by atoms with Crippen LogP contribution in [-0.4, -0.2) is 38.3 Å². The fourth-order valence-electron chi connectivity index (χ4n) is 2.43. The van der Waals surface area contributed by atoms with Gasteiger partial charge in [-0.05, 0) is 41.3 Å². The summed E-state index contributed by atoms with van der Waals surface area (Å²) in [6.45, 7) is 0. The molecule has 0 saturated carbocycles. The first kappa shape index (κ1) is 11.8. The fourth-order valence-corrected chi connectivity index (χ4v) is 2.43. The summed E-state index contributed by atoms with van der Waals surface area (Å²) in [7, 11) is 1.42. The van der Waals surface area contributed by atoms with E-state index in [2.05, 4.69) is 20.5 Å². The quantitative estimate of drug-likeness (QED) is 0.736. The molecule has 7 nitrogen and oxygen atoms in total. The van der Waals surface area contributed by atoms with Gasteiger partial charge in [0.1, 0.15) is 6.33 Å². The largest absolute Gasteiger partial charge is 0.469 e. The van der Waals surface area contributed by atoms with Crippen molar-refractivity contribution < 1.29 is 9.53 Å². The lowest BCUT2D eigenvalue weighted by Gasteiger charge is -2.22. The van der Waals surface area contributed by atoms with Gasteiger partial charge in [0.15, 0.2) is 5.82 Å². The number of ether oxygens (including phenoxy) is 1. The third-order valence-corrected chi connectivity index (χ3v) is 3.35. The highest BCUT2D eigenvalue weighted by atomic mass is 16.5. The van der Waals surface area contributed by atoms with E-state index in [-0.39, 0.29) is 11.9 Å². The fraction of sp³-hybridized carbons (Fsp3) is 0.417. The number of aromatic nitrogens is 5. The Labute approximate surface area is 109 Å². The number of carbonyl (C=O) groups excluding carboxylic acids is 1. The summed E-state index contributed by atoms with van der Waals surface area (Å²) >= 11 is 0. The van der Waals surface area contributed by atoms with Crippen molar-refractivity contribution in [3.8, 4) is 5.82 Å². The Balaban J connectivity index is 1.99. The van der Waals surface area contributed by atoms with Crippen molar-refractivity contribution in [2.24, 2.45) is 0 Å². The Morgan fingerprint density at radius 3 is 3.11 bits per heavy atom. The molecule has 1 atom stereocenters. The van der Waals surface area contributed by atoms with Crippen LogP contribution in [0.3, 0.4) is 0 Å². The Bertz CT molecular complexity index is 596. The highest BCUT2D eigenvalue weighted by molar-refractivity contribution is 5.78. The van der Waals surface area contributed by atoms with Gasteiger partial charge in [-0.2, -0.15) is 4.68 Å². The zero-order valence-electron chi connectivity index (χ0n) is 10.5. The van der Waals surface area contributed by atoms with Crippen LogP contribution in [0.1, 0.15) is 30.0 Å². The molecule has 3 rings (SSSR count). The monoisotopic (exact) mass is 259 g/mol. The van der Waals surface area contributed by atoms with Crippen molar-refractivity contribution >= 4 is 5.97 Å². The highest BCUT2D eigenvalue weighted by Gasteiger charge is 2.28. The molecule has 0 amide bonds. The van der Waals surface area contributed by atoms with Crippen LogP contribution < -0.4 is 0 Å². The molecule has 98 valence electrons. The van der Waals surface area contributed by atoms with Crippen LogP contribution in [0.15, 0.2) is 18.5 Å². The third kappa shape index (κ3) is 2.07. The molecule has 0 N–H and O–H groups in total. The predicted molar refractivity (Wildman–Crippen MR) is 64.6 cm³/mol. The minimum absolute atomic E-state index is 0.196. The number of hydrogen-bond donors (Lipinski definition) is 0. The molecular weight excluding hydrogens is 246 g/mol. The van der Waals surface area contributed by atoms with Crippen LogP contribution in [-0.2, 0) is 16.0 Å². The van der Waals surface area contributed by atoms with Crippen molar-refractivity contribution in [3.63, 3.8) is 0 Å². The summed E-state index contributed by atoms with van der Waals surface area (Å²) in [4.78, 5) is 16.3. The average Bonchev–Trinajstić information content (AvgIpc) is 2.99. The van der Waals surface area contributed by atoms with Crippen LogP contribution in [0.25, 0.3) is 5.82 Å². The van der Waals surface area contributed by atoms with Crippen molar-refractivity contribution in [1.29, 1.82) is 0 Å². The van der Waals surface area contributed by atoms with E-state index in [1.165, 1.54) is 18.1 Å². The maximum atomic E-state index is 11.8. The van der Waals surface area contributed by atoms with Gasteiger partial charge in [-0.1, -0.05) is 6.07 Å². The second-order valence-corrected chi connectivity index (χ2v) is 4.43. The van der Waals surface area contributed by atoms with Crippen LogP contribution in [0.2, 0.25) is 0 Å². The van der Waals surface area contributed by atoms with Crippen LogP contribution in [0, 0.1) is 0 Å². The van der Waals surface area contributed by atoms with Gasteiger partial charge in [0.2, 0.25) is 0 Å². The van der Waals surface area contributed by atoms with E-state index < -0.39 is 0 Å². The number of methoxy groups -OCH3 is 1. The molecule has 0 unspecified atom stereocenters. The topological polar surface area (TPSA) is 82.8 Å². The summed E-state index contributed by atoms with van der Waals surface area (Å²) in [5.74, 6) is 0.261. The Morgan fingerprint density at radius 2 is 2.37 bits per heavy atom. The van der Waals surface area contributed by atoms with Gasteiger partial charge in [0.05, 0.1) is 13.0 Å². The smallest absolute Gasteiger partial charge is 0.313 e. The molecule has 0 aliphatic heterocycles. The number of fused-ring (bicyclic) bond motifs is 1. The lowest BCUT2D eigenvalue weighted by molar-refractivity contribution is -0.142. The summed E-state index contributed by atoms with van der Waals surface area (Å²) in [6, 6.07) is 3.73. The van der Waals surface area contributed by atoms with Crippen molar-refractivity contribution in [2.75, 3.05) is 7.11 Å². The average molecular weight is 259 g/mol. The van der Waals surface area contributed by atoms with Gasteiger partial charge in [0.25, 0.3) is 0 Å². The minimum atomic E-state index is -0.204. The number of hydrogen-bond acceptors (Lipinski definition) is 6. The van der Waals surface area contributed by atoms with E-state index in [4.69, 9.17) is 4.74 Å². The number of carbonyl (C=O) groups is 1. The van der Waals surface area contributed by atoms with Gasteiger partial charge in [-0.15, -0.1) is 5.10 Å². The molecule has 2 aromatic rings. The van der Waals surface area contributed by atoms with Gasteiger partial charge in [-0.25, -0.2) is 4.98 Å². The summed E-state index contributed by atoms with van der Waals surface area (Å²) in [5, 5.41) is 11.0. The van der Waals surface area contributed by atoms with E-state index in [1.54, 1.807) is 0 Å². The molecule has 2 heterocycles. The normalized spacial score (nSPS) is 17.8. The molecule has 1 aliphatic rings. The summed E-state index contributed by atoms with van der Waals surface area (Å²) in [5.41, 5.74) is 1.88. The van der Waals surface area contributed by atoms with Gasteiger partial charge < -0.3 is 4.74 Å². The molecule has 19 heavy (non-hydrogen) atoms. The SMILES string of the molecule is COC(=O)[C@H]1CCCc2nc(-n3cnnn3)ccc21. The molecule has 2 aromatic heterocycles. The molecule has 0 bridgehead atoms. The molecule has 0 saturated heterocycles. The van der Waals surface area contributed by atoms with E-state index in [0.717, 1.165) is 30.5 Å². The number of aryl methyl sites for hydroxylation is 1.